The van der Waals surface area contributed by atoms with Crippen molar-refractivity contribution in [2.75, 3.05) is 39.5 Å². The van der Waals surface area contributed by atoms with Crippen LogP contribution in [0.1, 0.15) is 12.8 Å². The molecule has 0 radical (unpaired) electrons. The molecule has 0 spiro atoms. The summed E-state index contributed by atoms with van der Waals surface area (Å²) >= 11 is 1.08. The predicted octanol–water partition coefficient (Wildman–Crippen LogP) is 1.21. The number of hydrogen-bond donors (Lipinski definition) is 2. The van der Waals surface area contributed by atoms with Crippen LogP contribution < -0.4 is 5.32 Å². The van der Waals surface area contributed by atoms with Gasteiger partial charge in [-0.05, 0) is 6.08 Å². The molecular weight excluding hydrogens is 256 g/mol. The van der Waals surface area contributed by atoms with E-state index in [2.05, 4.69) is 35.4 Å². The highest BCUT2D eigenvalue weighted by atomic mass is 32.2. The summed E-state index contributed by atoms with van der Waals surface area (Å²) in [6.07, 6.45) is 3.16. The van der Waals surface area contributed by atoms with Gasteiger partial charge in [-0.1, -0.05) is 11.6 Å². The molecule has 0 fully saturated rings. The maximum Gasteiger partial charge on any atom is 0.243 e. The Morgan fingerprint density at radius 1 is 1.44 bits per heavy atom. The number of carbonyl (C=O) groups excluding carboxylic acids is 1. The zero-order valence-corrected chi connectivity index (χ0v) is 11.9. The SMILES string of the molecule is C=CC(=O)NCCC[N+](C)(C)CCCSOOO. The van der Waals surface area contributed by atoms with Crippen molar-refractivity contribution in [1.29, 1.82) is 0 Å². The Hall–Kier alpha value is -0.600. The summed E-state index contributed by atoms with van der Waals surface area (Å²) in [5.41, 5.74) is 0. The van der Waals surface area contributed by atoms with Crippen LogP contribution in [0.25, 0.3) is 0 Å². The maximum absolute atomic E-state index is 10.9. The molecule has 0 aliphatic carbocycles. The lowest BCUT2D eigenvalue weighted by Crippen LogP contribution is -2.42. The van der Waals surface area contributed by atoms with Gasteiger partial charge in [0.15, 0.2) is 0 Å². The minimum atomic E-state index is -0.127. The van der Waals surface area contributed by atoms with Crippen molar-refractivity contribution in [3.8, 4) is 0 Å². The molecule has 18 heavy (non-hydrogen) atoms. The van der Waals surface area contributed by atoms with Crippen LogP contribution in [0.4, 0.5) is 0 Å². The lowest BCUT2D eigenvalue weighted by molar-refractivity contribution is -0.890. The second-order valence-corrected chi connectivity index (χ2v) is 5.33. The van der Waals surface area contributed by atoms with Gasteiger partial charge >= 0.3 is 0 Å². The van der Waals surface area contributed by atoms with Crippen molar-refractivity contribution in [3.05, 3.63) is 12.7 Å². The van der Waals surface area contributed by atoms with Gasteiger partial charge in [-0.3, -0.25) is 4.79 Å². The summed E-state index contributed by atoms with van der Waals surface area (Å²) in [7, 11) is 4.28. The Kier molecular flexibility index (Phi) is 9.99. The number of nitrogens with one attached hydrogen (secondary N) is 1. The first kappa shape index (κ1) is 17.4. The largest absolute Gasteiger partial charge is 0.352 e. The highest BCUT2D eigenvalue weighted by Gasteiger charge is 2.14. The Bertz CT molecular complexity index is 249. The third-order valence-electron chi connectivity index (χ3n) is 2.49. The Labute approximate surface area is 113 Å². The van der Waals surface area contributed by atoms with Gasteiger partial charge in [0.25, 0.3) is 0 Å². The summed E-state index contributed by atoms with van der Waals surface area (Å²) in [5.74, 6) is 0.632. The van der Waals surface area contributed by atoms with E-state index in [4.69, 9.17) is 5.26 Å². The summed E-state index contributed by atoms with van der Waals surface area (Å²) in [6.45, 7) is 6.05. The van der Waals surface area contributed by atoms with E-state index < -0.39 is 0 Å². The molecule has 0 aromatic heterocycles. The molecule has 0 bridgehead atoms. The highest BCUT2D eigenvalue weighted by Crippen LogP contribution is 2.07. The van der Waals surface area contributed by atoms with Crippen LogP contribution in [0.5, 0.6) is 0 Å². The fourth-order valence-electron chi connectivity index (χ4n) is 1.51. The van der Waals surface area contributed by atoms with E-state index in [0.29, 0.717) is 6.54 Å². The van der Waals surface area contributed by atoms with Gasteiger partial charge in [-0.15, -0.1) is 4.33 Å². The van der Waals surface area contributed by atoms with E-state index in [1.54, 1.807) is 0 Å². The van der Waals surface area contributed by atoms with E-state index >= 15 is 0 Å². The average molecular weight is 279 g/mol. The van der Waals surface area contributed by atoms with Crippen LogP contribution in [0, 0.1) is 0 Å². The molecule has 1 amide bonds. The third kappa shape index (κ3) is 10.5. The summed E-state index contributed by atoms with van der Waals surface area (Å²) in [5, 5.41) is 14.2. The van der Waals surface area contributed by atoms with E-state index in [1.165, 1.54) is 6.08 Å². The summed E-state index contributed by atoms with van der Waals surface area (Å²) < 4.78 is 5.17. The number of amides is 1. The van der Waals surface area contributed by atoms with Gasteiger partial charge in [0.05, 0.1) is 27.2 Å². The molecule has 0 saturated heterocycles. The first-order chi connectivity index (χ1) is 8.52. The van der Waals surface area contributed by atoms with Crippen molar-refractivity contribution in [3.63, 3.8) is 0 Å². The van der Waals surface area contributed by atoms with Crippen LogP contribution in [0.15, 0.2) is 12.7 Å². The monoisotopic (exact) mass is 279 g/mol. The number of quaternary nitrogens is 1. The molecule has 0 saturated carbocycles. The van der Waals surface area contributed by atoms with Gasteiger partial charge in [-0.25, -0.2) is 5.26 Å². The van der Waals surface area contributed by atoms with Crippen LogP contribution >= 0.6 is 12.0 Å². The van der Waals surface area contributed by atoms with Crippen molar-refractivity contribution in [1.82, 2.24) is 5.32 Å². The van der Waals surface area contributed by atoms with Crippen molar-refractivity contribution >= 4 is 17.9 Å². The van der Waals surface area contributed by atoms with Gasteiger partial charge in [0, 0.05) is 37.2 Å². The molecule has 2 N–H and O–H groups in total. The quantitative estimate of drug-likeness (QED) is 0.149. The lowest BCUT2D eigenvalue weighted by atomic mass is 10.3. The van der Waals surface area contributed by atoms with Gasteiger partial charge in [0.2, 0.25) is 5.91 Å². The van der Waals surface area contributed by atoms with E-state index in [1.807, 2.05) is 0 Å². The van der Waals surface area contributed by atoms with Crippen molar-refractivity contribution < 1.29 is 23.9 Å². The normalized spacial score (nSPS) is 11.3. The predicted molar refractivity (Wildman–Crippen MR) is 71.5 cm³/mol. The molecule has 0 atom stereocenters. The second kappa shape index (κ2) is 10.3. The van der Waals surface area contributed by atoms with Crippen LogP contribution in [-0.2, 0) is 14.2 Å². The standard InChI is InChI=1S/C11H22N2O4S/c1-4-11(14)12-7-5-8-13(2,3)9-6-10-18-17-16-15/h4H,1,5-10H2,2-3H3,(H-,12,14,15)/p+1. The van der Waals surface area contributed by atoms with Gasteiger partial charge < -0.3 is 9.80 Å². The number of carbonyl (C=O) groups is 1. The molecule has 7 heteroatoms. The fourth-order valence-corrected chi connectivity index (χ4v) is 1.87. The minimum Gasteiger partial charge on any atom is -0.352 e. The molecule has 0 aromatic carbocycles. The molecule has 6 nitrogen and oxygen atoms in total. The van der Waals surface area contributed by atoms with Crippen molar-refractivity contribution in [2.24, 2.45) is 0 Å². The zero-order chi connectivity index (χ0) is 13.9. The minimum absolute atomic E-state index is 0.127. The van der Waals surface area contributed by atoms with Crippen molar-refractivity contribution in [2.45, 2.75) is 12.8 Å². The number of rotatable bonds is 11. The average Bonchev–Trinajstić information content (AvgIpc) is 2.34. The van der Waals surface area contributed by atoms with Gasteiger partial charge in [0.1, 0.15) is 0 Å². The maximum atomic E-state index is 10.9. The molecular formula is C11H23N2O4S+. The van der Waals surface area contributed by atoms with E-state index in [-0.39, 0.29) is 5.91 Å². The van der Waals surface area contributed by atoms with Gasteiger partial charge in [-0.2, -0.15) is 0 Å². The molecule has 0 aromatic rings. The Morgan fingerprint density at radius 2 is 2.11 bits per heavy atom. The molecule has 0 aliphatic rings. The summed E-state index contributed by atoms with van der Waals surface area (Å²) in [4.78, 5) is 10.9. The first-order valence-electron chi connectivity index (χ1n) is 5.84. The zero-order valence-electron chi connectivity index (χ0n) is 11.1. The van der Waals surface area contributed by atoms with Crippen LogP contribution in [0.3, 0.4) is 0 Å². The smallest absolute Gasteiger partial charge is 0.243 e. The Morgan fingerprint density at radius 3 is 2.72 bits per heavy atom. The molecule has 0 rings (SSSR count). The molecule has 106 valence electrons. The first-order valence-corrected chi connectivity index (χ1v) is 6.75. The van der Waals surface area contributed by atoms with Crippen LogP contribution in [-0.4, -0.2) is 55.1 Å². The Balaban J connectivity index is 3.54. The second-order valence-electron chi connectivity index (χ2n) is 4.55. The highest BCUT2D eigenvalue weighted by molar-refractivity contribution is 7.94. The third-order valence-corrected chi connectivity index (χ3v) is 3.11. The molecule has 0 unspecified atom stereocenters. The number of hydrogen-bond acceptors (Lipinski definition) is 5. The van der Waals surface area contributed by atoms with E-state index in [9.17, 15) is 4.79 Å². The van der Waals surface area contributed by atoms with Crippen LogP contribution in [0.2, 0.25) is 0 Å². The molecule has 0 aliphatic heterocycles. The lowest BCUT2D eigenvalue weighted by Gasteiger charge is -2.29. The molecule has 0 heterocycles. The summed E-state index contributed by atoms with van der Waals surface area (Å²) in [6, 6.07) is 0. The topological polar surface area (TPSA) is 67.8 Å². The fraction of sp³-hybridized carbons (Fsp3) is 0.727. The number of nitrogens with zero attached hydrogens (tertiary/aromatic N) is 1. The van der Waals surface area contributed by atoms with E-state index in [0.717, 1.165) is 48.2 Å².